The molecule has 5 heteroatoms. The number of amides is 1. The highest BCUT2D eigenvalue weighted by Crippen LogP contribution is 2.00. The van der Waals surface area contributed by atoms with E-state index in [4.69, 9.17) is 4.74 Å². The molecule has 0 aliphatic heterocycles. The Balaban J connectivity index is 1.57. The molecule has 0 saturated carbocycles. The molecule has 100 valence electrons. The van der Waals surface area contributed by atoms with Gasteiger partial charge in [-0.15, -0.1) is 0 Å². The summed E-state index contributed by atoms with van der Waals surface area (Å²) >= 11 is 0. The smallest absolute Gasteiger partial charge is 0.407 e. The summed E-state index contributed by atoms with van der Waals surface area (Å²) in [4.78, 5) is 15.4. The quantitative estimate of drug-likeness (QED) is 0.809. The van der Waals surface area contributed by atoms with E-state index in [-0.39, 0.29) is 6.09 Å². The van der Waals surface area contributed by atoms with Gasteiger partial charge in [0.2, 0.25) is 0 Å². The van der Waals surface area contributed by atoms with Crippen molar-refractivity contribution >= 4 is 6.09 Å². The van der Waals surface area contributed by atoms with E-state index in [2.05, 4.69) is 10.3 Å². The summed E-state index contributed by atoms with van der Waals surface area (Å²) in [6.45, 7) is 1.72. The molecular weight excluding hydrogens is 242 g/mol. The van der Waals surface area contributed by atoms with Gasteiger partial charge < -0.3 is 14.6 Å². The highest BCUT2D eigenvalue weighted by Gasteiger charge is 2.01. The number of aromatic nitrogens is 2. The number of nitrogens with zero attached hydrogens (tertiary/aromatic N) is 2. The Hall–Kier alpha value is -2.30. The Bertz CT molecular complexity index is 483. The van der Waals surface area contributed by atoms with Crippen LogP contribution in [0.2, 0.25) is 0 Å². The van der Waals surface area contributed by atoms with E-state index >= 15 is 0 Å². The third kappa shape index (κ3) is 4.83. The maximum absolute atomic E-state index is 11.4. The van der Waals surface area contributed by atoms with Gasteiger partial charge in [-0.25, -0.2) is 9.78 Å². The van der Waals surface area contributed by atoms with Crippen molar-refractivity contribution in [1.82, 2.24) is 14.9 Å². The summed E-state index contributed by atoms with van der Waals surface area (Å²) < 4.78 is 7.07. The number of carbonyl (C=O) groups excluding carboxylic acids is 1. The summed E-state index contributed by atoms with van der Waals surface area (Å²) in [6.07, 6.45) is 5.86. The summed E-state index contributed by atoms with van der Waals surface area (Å²) in [5.74, 6) is 0. The number of hydrogen-bond donors (Lipinski definition) is 1. The predicted molar refractivity (Wildman–Crippen MR) is 71.5 cm³/mol. The Morgan fingerprint density at radius 1 is 1.32 bits per heavy atom. The zero-order valence-electron chi connectivity index (χ0n) is 10.7. The lowest BCUT2D eigenvalue weighted by molar-refractivity contribution is 0.139. The molecule has 2 rings (SSSR count). The van der Waals surface area contributed by atoms with Gasteiger partial charge in [0, 0.05) is 25.5 Å². The maximum Gasteiger partial charge on any atom is 0.407 e. The van der Waals surface area contributed by atoms with E-state index < -0.39 is 0 Å². The van der Waals surface area contributed by atoms with Crippen LogP contribution < -0.4 is 5.32 Å². The van der Waals surface area contributed by atoms with Crippen LogP contribution in [0.4, 0.5) is 4.79 Å². The number of nitrogens with one attached hydrogen (secondary N) is 1. The number of ether oxygens (including phenoxy) is 1. The molecule has 0 radical (unpaired) electrons. The monoisotopic (exact) mass is 259 g/mol. The fourth-order valence-corrected chi connectivity index (χ4v) is 1.65. The number of hydrogen-bond acceptors (Lipinski definition) is 3. The Morgan fingerprint density at radius 2 is 2.16 bits per heavy atom. The molecule has 0 atom stereocenters. The van der Waals surface area contributed by atoms with Crippen LogP contribution in [0.25, 0.3) is 0 Å². The van der Waals surface area contributed by atoms with Gasteiger partial charge >= 0.3 is 6.09 Å². The minimum atomic E-state index is -0.380. The van der Waals surface area contributed by atoms with Crippen molar-refractivity contribution in [3.63, 3.8) is 0 Å². The SMILES string of the molecule is O=C(NCCCn1ccnc1)OCc1ccccc1. The third-order valence-electron chi connectivity index (χ3n) is 2.63. The number of carbonyl (C=O) groups is 1. The molecule has 0 fully saturated rings. The van der Waals surface area contributed by atoms with Crippen LogP contribution in [0.3, 0.4) is 0 Å². The second-order valence-corrected chi connectivity index (χ2v) is 4.14. The van der Waals surface area contributed by atoms with Crippen LogP contribution in [-0.4, -0.2) is 22.2 Å². The molecule has 0 bridgehead atoms. The average Bonchev–Trinajstić information content (AvgIpc) is 2.96. The van der Waals surface area contributed by atoms with Gasteiger partial charge in [0.15, 0.2) is 0 Å². The third-order valence-corrected chi connectivity index (χ3v) is 2.63. The van der Waals surface area contributed by atoms with Crippen molar-refractivity contribution in [2.45, 2.75) is 19.6 Å². The first-order valence-electron chi connectivity index (χ1n) is 6.25. The Morgan fingerprint density at radius 3 is 2.89 bits per heavy atom. The summed E-state index contributed by atoms with van der Waals surface area (Å²) in [5, 5.41) is 2.72. The summed E-state index contributed by atoms with van der Waals surface area (Å²) in [5.41, 5.74) is 0.982. The first-order chi connectivity index (χ1) is 9.34. The molecule has 0 saturated heterocycles. The molecule has 1 amide bonds. The van der Waals surface area contributed by atoms with Crippen LogP contribution in [-0.2, 0) is 17.9 Å². The lowest BCUT2D eigenvalue weighted by atomic mass is 10.2. The molecule has 0 aliphatic rings. The van der Waals surface area contributed by atoms with Crippen molar-refractivity contribution < 1.29 is 9.53 Å². The standard InChI is InChI=1S/C14H17N3O2/c18-14(19-11-13-5-2-1-3-6-13)16-7-4-9-17-10-8-15-12-17/h1-3,5-6,8,10,12H,4,7,9,11H2,(H,16,18). The minimum Gasteiger partial charge on any atom is -0.445 e. The molecule has 1 heterocycles. The second kappa shape index (κ2) is 7.20. The van der Waals surface area contributed by atoms with Gasteiger partial charge in [0.1, 0.15) is 6.61 Å². The molecule has 19 heavy (non-hydrogen) atoms. The van der Waals surface area contributed by atoms with Gasteiger partial charge in [-0.3, -0.25) is 0 Å². The molecule has 0 spiro atoms. The maximum atomic E-state index is 11.4. The van der Waals surface area contributed by atoms with Gasteiger partial charge in [0.05, 0.1) is 6.33 Å². The molecule has 2 aromatic rings. The van der Waals surface area contributed by atoms with Crippen molar-refractivity contribution in [1.29, 1.82) is 0 Å². The molecule has 1 aromatic heterocycles. The number of imidazole rings is 1. The first kappa shape index (κ1) is 13.1. The van der Waals surface area contributed by atoms with Crippen molar-refractivity contribution in [3.05, 3.63) is 54.6 Å². The lowest BCUT2D eigenvalue weighted by Gasteiger charge is -2.07. The van der Waals surface area contributed by atoms with Gasteiger partial charge in [0.25, 0.3) is 0 Å². The highest BCUT2D eigenvalue weighted by molar-refractivity contribution is 5.67. The fraction of sp³-hybridized carbons (Fsp3) is 0.286. The van der Waals surface area contributed by atoms with E-state index in [1.807, 2.05) is 41.1 Å². The Kier molecular flexibility index (Phi) is 4.98. The number of alkyl carbamates (subject to hydrolysis) is 1. The summed E-state index contributed by atoms with van der Waals surface area (Å²) in [7, 11) is 0. The van der Waals surface area contributed by atoms with Gasteiger partial charge in [-0.2, -0.15) is 0 Å². The topological polar surface area (TPSA) is 56.2 Å². The fourth-order valence-electron chi connectivity index (χ4n) is 1.65. The first-order valence-corrected chi connectivity index (χ1v) is 6.25. The van der Waals surface area contributed by atoms with Gasteiger partial charge in [-0.1, -0.05) is 30.3 Å². The largest absolute Gasteiger partial charge is 0.445 e. The number of rotatable bonds is 6. The zero-order valence-corrected chi connectivity index (χ0v) is 10.7. The second-order valence-electron chi connectivity index (χ2n) is 4.14. The molecular formula is C14H17N3O2. The van der Waals surface area contributed by atoms with Crippen molar-refractivity contribution in [2.75, 3.05) is 6.54 Å². The molecule has 1 N–H and O–H groups in total. The molecule has 0 aliphatic carbocycles. The van der Waals surface area contributed by atoms with Crippen molar-refractivity contribution in [2.24, 2.45) is 0 Å². The van der Waals surface area contributed by atoms with Crippen LogP contribution >= 0.6 is 0 Å². The Labute approximate surface area is 112 Å². The van der Waals surface area contributed by atoms with Crippen LogP contribution in [0.1, 0.15) is 12.0 Å². The predicted octanol–water partition coefficient (Wildman–Crippen LogP) is 2.20. The molecule has 1 aromatic carbocycles. The number of benzene rings is 1. The van der Waals surface area contributed by atoms with E-state index in [1.165, 1.54) is 0 Å². The lowest BCUT2D eigenvalue weighted by Crippen LogP contribution is -2.25. The van der Waals surface area contributed by atoms with Crippen LogP contribution in [0, 0.1) is 0 Å². The number of aryl methyl sites for hydroxylation is 1. The van der Waals surface area contributed by atoms with E-state index in [0.29, 0.717) is 13.2 Å². The van der Waals surface area contributed by atoms with E-state index in [9.17, 15) is 4.79 Å². The van der Waals surface area contributed by atoms with Gasteiger partial charge in [-0.05, 0) is 12.0 Å². The molecule has 5 nitrogen and oxygen atoms in total. The summed E-state index contributed by atoms with van der Waals surface area (Å²) in [6, 6.07) is 9.61. The van der Waals surface area contributed by atoms with Crippen molar-refractivity contribution in [3.8, 4) is 0 Å². The van der Waals surface area contributed by atoms with E-state index in [0.717, 1.165) is 18.5 Å². The average molecular weight is 259 g/mol. The van der Waals surface area contributed by atoms with E-state index in [1.54, 1.807) is 12.5 Å². The minimum absolute atomic E-state index is 0.300. The molecule has 0 unspecified atom stereocenters. The highest BCUT2D eigenvalue weighted by atomic mass is 16.5. The normalized spacial score (nSPS) is 10.1. The van der Waals surface area contributed by atoms with Crippen LogP contribution in [0.5, 0.6) is 0 Å². The van der Waals surface area contributed by atoms with Crippen LogP contribution in [0.15, 0.2) is 49.1 Å². The zero-order chi connectivity index (χ0) is 13.3.